The molecule has 0 radical (unpaired) electrons. The van der Waals surface area contributed by atoms with Crippen LogP contribution in [0.3, 0.4) is 0 Å². The number of aliphatic hydroxyl groups is 9. The molecule has 0 atom stereocenters. The molecule has 31 nitrogen and oxygen atoms in total. The molecule has 1 aliphatic heterocycles. The highest BCUT2D eigenvalue weighted by Gasteiger charge is 2.44. The van der Waals surface area contributed by atoms with Crippen molar-refractivity contribution in [2.24, 2.45) is 0 Å². The highest BCUT2D eigenvalue weighted by Crippen LogP contribution is 2.28. The molecule has 1 rings (SSSR count). The number of carbonyl (C=O) groups is 6. The van der Waals surface area contributed by atoms with Crippen molar-refractivity contribution in [3.8, 4) is 0 Å². The summed E-state index contributed by atoms with van der Waals surface area (Å²) in [4.78, 5) is 98.1. The number of aliphatic carboxylic acids is 4. The van der Waals surface area contributed by atoms with Gasteiger partial charge in [0.15, 0.2) is 0 Å². The third kappa shape index (κ3) is 26.9. The van der Waals surface area contributed by atoms with Crippen molar-refractivity contribution in [1.82, 2.24) is 45.8 Å². The van der Waals surface area contributed by atoms with Crippen LogP contribution in [0.15, 0.2) is 0 Å². The summed E-state index contributed by atoms with van der Waals surface area (Å²) in [5.74, 6) is -5.78. The van der Waals surface area contributed by atoms with Crippen LogP contribution in [0.25, 0.3) is 0 Å². The Balaban J connectivity index is 3.59. The number of carbonyl (C=O) groups excluding carboxylic acids is 2. The summed E-state index contributed by atoms with van der Waals surface area (Å²) in [6, 6.07) is 0. The van der Waals surface area contributed by atoms with Gasteiger partial charge in [-0.15, -0.1) is 0 Å². The molecule has 0 aromatic heterocycles. The minimum Gasteiger partial charge on any atom is -0.480 e. The molecule has 31 heteroatoms. The zero-order chi connectivity index (χ0) is 56.3. The largest absolute Gasteiger partial charge is 0.480 e. The van der Waals surface area contributed by atoms with Crippen LogP contribution in [0.4, 0.5) is 0 Å². The molecule has 16 N–H and O–H groups in total. The number of carboxylic acid groups (broad SMARTS) is 4. The molecule has 75 heavy (non-hydrogen) atoms. The lowest BCUT2D eigenvalue weighted by Crippen LogP contribution is -2.62. The van der Waals surface area contributed by atoms with Crippen LogP contribution < -0.4 is 16.3 Å². The van der Waals surface area contributed by atoms with Crippen molar-refractivity contribution in [3.63, 3.8) is 0 Å². The van der Waals surface area contributed by atoms with Gasteiger partial charge in [-0.3, -0.25) is 43.5 Å². The van der Waals surface area contributed by atoms with Gasteiger partial charge in [0, 0.05) is 96.9 Å². The number of hydrogen-bond acceptors (Lipinski definition) is 26. The van der Waals surface area contributed by atoms with Gasteiger partial charge in [0.1, 0.15) is 22.9 Å². The summed E-state index contributed by atoms with van der Waals surface area (Å²) in [6.07, 6.45) is 1.44. The van der Waals surface area contributed by atoms with Gasteiger partial charge in [-0.1, -0.05) is 0 Å². The number of hydrogen-bond donors (Lipinski definition) is 16. The van der Waals surface area contributed by atoms with Gasteiger partial charge < -0.3 is 96.0 Å². The van der Waals surface area contributed by atoms with Crippen LogP contribution in [-0.2, 0) is 43.3 Å². The summed E-state index contributed by atoms with van der Waals surface area (Å²) in [6.45, 7) is -6.86. The van der Waals surface area contributed by atoms with Crippen LogP contribution in [0.2, 0.25) is 0 Å². The van der Waals surface area contributed by atoms with Crippen LogP contribution in [-0.4, -0.2) is 338 Å². The molecule has 0 saturated carbocycles. The number of carboxylic acids is 4. The second-order valence-corrected chi connectivity index (χ2v) is 18.8. The number of nitrogens with zero attached hydrogens (tertiary/aromatic N) is 6. The maximum absolute atomic E-state index is 12.9. The van der Waals surface area contributed by atoms with Gasteiger partial charge in [0.05, 0.1) is 105 Å². The smallest absolute Gasteiger partial charge is 0.317 e. The van der Waals surface area contributed by atoms with Crippen molar-refractivity contribution in [3.05, 3.63) is 0 Å². The number of nitrogens with one attached hydrogen (secondary N) is 3. The molecule has 438 valence electrons. The maximum Gasteiger partial charge on any atom is 0.317 e. The standard InChI is InChI=1S/C44H85N9O22/c54-17-2-7-49(10-5-36(64)45-41(27-55,28-56)29-57)14-16-53(15-13-48(8-3-18-73-46-42(30-58,31-59)32-60)9-4-19-74-47-43(33-61,34-62)35-63)75-20-1-6-44(52(23-39(69)70)24-40(71)72)25-50(21-37(65)66)11-12-51(26-44)22-38(67)68/h17,46-47,55-63H,1-16,18-35H2,(H,45,64)(H,65,66)(H,67,68)(H,69,70)(H,71,72). The van der Waals surface area contributed by atoms with E-state index in [1.165, 1.54) is 14.7 Å². The Bertz CT molecular complexity index is 1540. The van der Waals surface area contributed by atoms with Crippen LogP contribution in [0.1, 0.15) is 38.5 Å². The summed E-state index contributed by atoms with van der Waals surface area (Å²) in [5, 5.41) is 131. The quantitative estimate of drug-likeness (QED) is 0.0153. The minimum absolute atomic E-state index is 0.00761. The van der Waals surface area contributed by atoms with Crippen LogP contribution in [0.5, 0.6) is 0 Å². The second kappa shape index (κ2) is 37.9. The predicted octanol–water partition coefficient (Wildman–Crippen LogP) is -8.33. The maximum atomic E-state index is 12.9. The van der Waals surface area contributed by atoms with Crippen molar-refractivity contribution in [1.29, 1.82) is 0 Å². The van der Waals surface area contributed by atoms with Gasteiger partial charge in [-0.25, -0.2) is 0 Å². The SMILES string of the molecule is O=CCCN(CCC(=O)NC(CO)(CO)CO)CCN(CCN(CCCONC(CO)(CO)CO)CCCONC(CO)(CO)CO)OCCCC1(N(CC(=O)O)CC(=O)O)CN(CC(=O)O)CCN(CC(=O)O)C1. The average Bonchev–Trinajstić information content (AvgIpc) is 3.55. The van der Waals surface area contributed by atoms with Crippen molar-refractivity contribution in [2.75, 3.05) is 184 Å². The molecule has 0 spiro atoms. The lowest BCUT2D eigenvalue weighted by Gasteiger charge is -2.45. The summed E-state index contributed by atoms with van der Waals surface area (Å²) >= 11 is 0. The summed E-state index contributed by atoms with van der Waals surface area (Å²) < 4.78 is 0. The first-order chi connectivity index (χ1) is 35.7. The van der Waals surface area contributed by atoms with Gasteiger partial charge in [-0.05, 0) is 25.7 Å². The second-order valence-electron chi connectivity index (χ2n) is 18.8. The zero-order valence-corrected chi connectivity index (χ0v) is 42.8. The Labute approximate surface area is 435 Å². The van der Waals surface area contributed by atoms with E-state index in [0.29, 0.717) is 32.2 Å². The normalized spacial score (nSPS) is 15.0. The molecule has 1 saturated heterocycles. The third-order valence-electron chi connectivity index (χ3n) is 12.6. The fourth-order valence-electron chi connectivity index (χ4n) is 7.97. The molecule has 1 fully saturated rings. The molecular formula is C44H85N9O22. The number of aliphatic hydroxyl groups excluding tert-OH is 9. The average molecular weight is 1090 g/mol. The monoisotopic (exact) mass is 1090 g/mol. The van der Waals surface area contributed by atoms with Gasteiger partial charge >= 0.3 is 23.9 Å². The highest BCUT2D eigenvalue weighted by atomic mass is 16.7. The van der Waals surface area contributed by atoms with E-state index in [2.05, 4.69) is 16.3 Å². The van der Waals surface area contributed by atoms with Gasteiger partial charge in [0.2, 0.25) is 5.91 Å². The zero-order valence-electron chi connectivity index (χ0n) is 42.8. The Morgan fingerprint density at radius 1 is 0.533 bits per heavy atom. The highest BCUT2D eigenvalue weighted by molar-refractivity contribution is 5.77. The molecule has 0 aliphatic carbocycles. The lowest BCUT2D eigenvalue weighted by atomic mass is 9.89. The van der Waals surface area contributed by atoms with Crippen molar-refractivity contribution in [2.45, 2.75) is 60.7 Å². The van der Waals surface area contributed by atoms with Crippen LogP contribution in [0, 0.1) is 0 Å². The van der Waals surface area contributed by atoms with E-state index in [-0.39, 0.29) is 111 Å². The first-order valence-corrected chi connectivity index (χ1v) is 24.7. The molecule has 0 aromatic carbocycles. The first-order valence-electron chi connectivity index (χ1n) is 24.7. The van der Waals surface area contributed by atoms with E-state index in [1.54, 1.807) is 9.96 Å². The Kier molecular flexibility index (Phi) is 35.0. The summed E-state index contributed by atoms with van der Waals surface area (Å²) in [5.41, 5.74) is -1.11. The molecular weight excluding hydrogens is 1010 g/mol. The molecule has 1 aliphatic rings. The van der Waals surface area contributed by atoms with Gasteiger partial charge in [-0.2, -0.15) is 16.0 Å². The van der Waals surface area contributed by atoms with Crippen molar-refractivity contribution < 1.29 is 110 Å². The lowest BCUT2D eigenvalue weighted by molar-refractivity contribution is -0.167. The van der Waals surface area contributed by atoms with E-state index < -0.39 is 138 Å². The number of rotatable bonds is 48. The molecule has 0 aromatic rings. The molecule has 1 heterocycles. The Morgan fingerprint density at radius 3 is 1.35 bits per heavy atom. The van der Waals surface area contributed by atoms with E-state index in [1.807, 2.05) is 4.90 Å². The van der Waals surface area contributed by atoms with E-state index in [4.69, 9.17) is 14.5 Å². The number of hydroxylamine groups is 4. The number of aldehydes is 1. The van der Waals surface area contributed by atoms with E-state index in [9.17, 15) is 95.2 Å². The predicted molar refractivity (Wildman–Crippen MR) is 260 cm³/mol. The Hall–Kier alpha value is -3.78. The van der Waals surface area contributed by atoms with E-state index in [0.717, 1.165) is 0 Å². The first kappa shape index (κ1) is 69.2. The third-order valence-corrected chi connectivity index (χ3v) is 12.6. The molecule has 1 amide bonds. The van der Waals surface area contributed by atoms with Crippen molar-refractivity contribution >= 4 is 36.1 Å². The fourth-order valence-corrected chi connectivity index (χ4v) is 7.97. The minimum atomic E-state index is -1.67. The van der Waals surface area contributed by atoms with Gasteiger partial charge in [0.25, 0.3) is 0 Å². The molecule has 0 unspecified atom stereocenters. The number of amides is 1. The topological polar surface area (TPSA) is 449 Å². The summed E-state index contributed by atoms with van der Waals surface area (Å²) in [7, 11) is 0. The molecule has 0 bridgehead atoms. The Morgan fingerprint density at radius 2 is 0.960 bits per heavy atom. The van der Waals surface area contributed by atoms with Crippen LogP contribution >= 0.6 is 0 Å². The fraction of sp³-hybridized carbons (Fsp3) is 0.864. The van der Waals surface area contributed by atoms with E-state index >= 15 is 0 Å².